The number of anilines is 2. The van der Waals surface area contributed by atoms with Crippen molar-refractivity contribution in [3.63, 3.8) is 0 Å². The molecule has 24 heavy (non-hydrogen) atoms. The van der Waals surface area contributed by atoms with Gasteiger partial charge < -0.3 is 10.1 Å². The number of rotatable bonds is 5. The monoisotopic (exact) mass is 346 g/mol. The molecule has 0 aromatic heterocycles. The number of halogens is 1. The Morgan fingerprint density at radius 1 is 1.12 bits per heavy atom. The van der Waals surface area contributed by atoms with E-state index in [0.717, 1.165) is 22.4 Å². The molecule has 1 aliphatic rings. The first-order valence-electron chi connectivity index (χ1n) is 7.38. The molecule has 0 aliphatic carbocycles. The summed E-state index contributed by atoms with van der Waals surface area (Å²) in [6.07, 6.45) is 0. The number of ether oxygens (including phenoxy) is 1. The van der Waals surface area contributed by atoms with Crippen molar-refractivity contribution in [2.75, 3.05) is 16.8 Å². The lowest BCUT2D eigenvalue weighted by Crippen LogP contribution is -2.34. The SMILES string of the molecule is CCOc1ccc(N[C@H]2SC(=O)N(c3ccc(F)cc3)C2=O)cc1. The zero-order valence-electron chi connectivity index (χ0n) is 12.9. The molecule has 0 spiro atoms. The average Bonchev–Trinajstić information content (AvgIpc) is 2.85. The summed E-state index contributed by atoms with van der Waals surface area (Å²) in [5.74, 6) is -0.0717. The summed E-state index contributed by atoms with van der Waals surface area (Å²) in [5.41, 5.74) is 1.06. The molecular weight excluding hydrogens is 331 g/mol. The molecule has 0 bridgehead atoms. The lowest BCUT2D eigenvalue weighted by Gasteiger charge is -2.15. The predicted molar refractivity (Wildman–Crippen MR) is 91.9 cm³/mol. The minimum absolute atomic E-state index is 0.356. The molecule has 1 heterocycles. The first-order chi connectivity index (χ1) is 11.6. The Bertz CT molecular complexity index is 749. The Hall–Kier alpha value is -2.54. The Morgan fingerprint density at radius 2 is 1.79 bits per heavy atom. The fourth-order valence-corrected chi connectivity index (χ4v) is 3.19. The van der Waals surface area contributed by atoms with E-state index in [0.29, 0.717) is 18.0 Å². The highest BCUT2D eigenvalue weighted by atomic mass is 32.2. The highest BCUT2D eigenvalue weighted by molar-refractivity contribution is 8.16. The molecule has 124 valence electrons. The van der Waals surface area contributed by atoms with E-state index >= 15 is 0 Å². The molecule has 0 radical (unpaired) electrons. The first kappa shape index (κ1) is 16.3. The van der Waals surface area contributed by atoms with Gasteiger partial charge in [-0.3, -0.25) is 9.59 Å². The van der Waals surface area contributed by atoms with E-state index in [1.54, 1.807) is 24.3 Å². The zero-order chi connectivity index (χ0) is 17.1. The number of carbonyl (C=O) groups is 2. The van der Waals surface area contributed by atoms with Crippen LogP contribution < -0.4 is 15.0 Å². The molecule has 1 aliphatic heterocycles. The molecular formula is C17H15FN2O3S. The summed E-state index contributed by atoms with van der Waals surface area (Å²) in [6, 6.07) is 12.4. The Labute approximate surface area is 142 Å². The van der Waals surface area contributed by atoms with Crippen LogP contribution in [0.25, 0.3) is 0 Å². The summed E-state index contributed by atoms with van der Waals surface area (Å²) in [7, 11) is 0. The van der Waals surface area contributed by atoms with E-state index in [-0.39, 0.29) is 5.91 Å². The molecule has 1 saturated heterocycles. The van der Waals surface area contributed by atoms with Crippen LogP contribution in [0.4, 0.5) is 20.6 Å². The number of nitrogens with zero attached hydrogens (tertiary/aromatic N) is 1. The largest absolute Gasteiger partial charge is 0.494 e. The lowest BCUT2D eigenvalue weighted by atomic mass is 10.2. The van der Waals surface area contributed by atoms with E-state index in [2.05, 4.69) is 5.32 Å². The first-order valence-corrected chi connectivity index (χ1v) is 8.26. The van der Waals surface area contributed by atoms with Gasteiger partial charge in [-0.05, 0) is 67.2 Å². The number of benzene rings is 2. The van der Waals surface area contributed by atoms with Crippen LogP contribution in [-0.4, -0.2) is 23.1 Å². The van der Waals surface area contributed by atoms with Gasteiger partial charge in [-0.1, -0.05) is 0 Å². The minimum atomic E-state index is -0.722. The maximum atomic E-state index is 13.0. The minimum Gasteiger partial charge on any atom is -0.494 e. The quantitative estimate of drug-likeness (QED) is 0.891. The highest BCUT2D eigenvalue weighted by Crippen LogP contribution is 2.32. The van der Waals surface area contributed by atoms with Crippen molar-refractivity contribution in [3.8, 4) is 5.75 Å². The number of hydrogen-bond acceptors (Lipinski definition) is 5. The normalized spacial score (nSPS) is 17.2. The van der Waals surface area contributed by atoms with Gasteiger partial charge in [0, 0.05) is 5.69 Å². The van der Waals surface area contributed by atoms with E-state index in [4.69, 9.17) is 4.74 Å². The van der Waals surface area contributed by atoms with Gasteiger partial charge in [0.05, 0.1) is 12.3 Å². The highest BCUT2D eigenvalue weighted by Gasteiger charge is 2.40. The second-order valence-electron chi connectivity index (χ2n) is 5.02. The standard InChI is InChI=1S/C17H15FN2O3S/c1-2-23-14-9-5-12(6-10-14)19-15-16(21)20(17(22)24-15)13-7-3-11(18)4-8-13/h3-10,15,19H,2H2,1H3/t15-/m0/s1. The molecule has 0 saturated carbocycles. The zero-order valence-corrected chi connectivity index (χ0v) is 13.7. The fourth-order valence-electron chi connectivity index (χ4n) is 2.29. The van der Waals surface area contributed by atoms with Crippen LogP contribution in [0.1, 0.15) is 6.92 Å². The Kier molecular flexibility index (Phi) is 4.71. The number of thioether (sulfide) groups is 1. The summed E-state index contributed by atoms with van der Waals surface area (Å²) in [6.45, 7) is 2.47. The maximum absolute atomic E-state index is 13.0. The van der Waals surface area contributed by atoms with Crippen molar-refractivity contribution in [1.82, 2.24) is 0 Å². The fraction of sp³-hybridized carbons (Fsp3) is 0.176. The lowest BCUT2D eigenvalue weighted by molar-refractivity contribution is -0.116. The van der Waals surface area contributed by atoms with E-state index in [9.17, 15) is 14.0 Å². The van der Waals surface area contributed by atoms with Gasteiger partial charge in [0.25, 0.3) is 11.1 Å². The van der Waals surface area contributed by atoms with Crippen molar-refractivity contribution < 1.29 is 18.7 Å². The van der Waals surface area contributed by atoms with Gasteiger partial charge >= 0.3 is 0 Å². The third-order valence-electron chi connectivity index (χ3n) is 3.39. The molecule has 5 nitrogen and oxygen atoms in total. The van der Waals surface area contributed by atoms with Crippen LogP contribution in [0.5, 0.6) is 5.75 Å². The second kappa shape index (κ2) is 6.92. The molecule has 1 atom stereocenters. The molecule has 7 heteroatoms. The predicted octanol–water partition coefficient (Wildman–Crippen LogP) is 3.86. The van der Waals surface area contributed by atoms with Crippen LogP contribution in [0.3, 0.4) is 0 Å². The van der Waals surface area contributed by atoms with Crippen LogP contribution >= 0.6 is 11.8 Å². The van der Waals surface area contributed by atoms with Gasteiger partial charge in [-0.15, -0.1) is 0 Å². The number of carbonyl (C=O) groups excluding carboxylic acids is 2. The number of amides is 2. The molecule has 2 aromatic carbocycles. The Balaban J connectivity index is 1.72. The smallest absolute Gasteiger partial charge is 0.295 e. The molecule has 2 amide bonds. The van der Waals surface area contributed by atoms with Crippen LogP contribution in [0.15, 0.2) is 48.5 Å². The summed E-state index contributed by atoms with van der Waals surface area (Å²) >= 11 is 0.891. The summed E-state index contributed by atoms with van der Waals surface area (Å²) < 4.78 is 18.4. The average molecular weight is 346 g/mol. The van der Waals surface area contributed by atoms with Crippen LogP contribution in [-0.2, 0) is 4.79 Å². The number of nitrogens with one attached hydrogen (secondary N) is 1. The van der Waals surface area contributed by atoms with Crippen molar-refractivity contribution in [1.29, 1.82) is 0 Å². The van der Waals surface area contributed by atoms with Crippen LogP contribution in [0, 0.1) is 5.82 Å². The summed E-state index contributed by atoms with van der Waals surface area (Å²) in [4.78, 5) is 25.7. The number of hydrogen-bond donors (Lipinski definition) is 1. The third-order valence-corrected chi connectivity index (χ3v) is 4.33. The third kappa shape index (κ3) is 3.35. The number of imide groups is 1. The van der Waals surface area contributed by atoms with Crippen molar-refractivity contribution >= 4 is 34.3 Å². The molecule has 0 unspecified atom stereocenters. The van der Waals surface area contributed by atoms with Gasteiger partial charge in [-0.2, -0.15) is 0 Å². The van der Waals surface area contributed by atoms with Gasteiger partial charge in [-0.25, -0.2) is 9.29 Å². The molecule has 3 rings (SSSR count). The molecule has 2 aromatic rings. The second-order valence-corrected chi connectivity index (χ2v) is 6.07. The van der Waals surface area contributed by atoms with Crippen LogP contribution in [0.2, 0.25) is 0 Å². The topological polar surface area (TPSA) is 58.6 Å². The van der Waals surface area contributed by atoms with Crippen molar-refractivity contribution in [3.05, 3.63) is 54.3 Å². The van der Waals surface area contributed by atoms with Crippen molar-refractivity contribution in [2.24, 2.45) is 0 Å². The van der Waals surface area contributed by atoms with Gasteiger partial charge in [0.15, 0.2) is 5.37 Å². The summed E-state index contributed by atoms with van der Waals surface area (Å²) in [5, 5.41) is 1.91. The maximum Gasteiger partial charge on any atom is 0.295 e. The molecule has 1 N–H and O–H groups in total. The Morgan fingerprint density at radius 3 is 2.42 bits per heavy atom. The van der Waals surface area contributed by atoms with E-state index in [1.807, 2.05) is 6.92 Å². The van der Waals surface area contributed by atoms with Crippen molar-refractivity contribution in [2.45, 2.75) is 12.3 Å². The van der Waals surface area contributed by atoms with E-state index in [1.165, 1.54) is 24.3 Å². The molecule has 1 fully saturated rings. The van der Waals surface area contributed by atoms with Gasteiger partial charge in [0.2, 0.25) is 0 Å². The van der Waals surface area contributed by atoms with E-state index < -0.39 is 16.4 Å². The van der Waals surface area contributed by atoms with Gasteiger partial charge in [0.1, 0.15) is 11.6 Å².